The highest BCUT2D eigenvalue weighted by Crippen LogP contribution is 2.51. The number of hydrogen-bond donors (Lipinski definition) is 2. The van der Waals surface area contributed by atoms with E-state index in [1.807, 2.05) is 0 Å². The molecule has 3 unspecified atom stereocenters. The van der Waals surface area contributed by atoms with Crippen molar-refractivity contribution < 1.29 is 13.2 Å². The zero-order valence-electron chi connectivity index (χ0n) is 12.1. The van der Waals surface area contributed by atoms with E-state index < -0.39 is 10.0 Å². The van der Waals surface area contributed by atoms with Gasteiger partial charge >= 0.3 is 0 Å². The van der Waals surface area contributed by atoms with Gasteiger partial charge in [0.1, 0.15) is 0 Å². The quantitative estimate of drug-likeness (QED) is 0.756. The number of hydrogen-bond acceptors (Lipinski definition) is 4. The molecular formula is C13H26N2O3S. The molecule has 0 amide bonds. The lowest BCUT2D eigenvalue weighted by Crippen LogP contribution is -2.69. The molecule has 0 radical (unpaired) electrons. The maximum Gasteiger partial charge on any atom is 0.212 e. The summed E-state index contributed by atoms with van der Waals surface area (Å²) < 4.78 is 31.5. The summed E-state index contributed by atoms with van der Waals surface area (Å²) in [5.74, 6) is 0.691. The van der Waals surface area contributed by atoms with Crippen molar-refractivity contribution in [3.63, 3.8) is 0 Å². The second-order valence-corrected chi connectivity index (χ2v) is 8.09. The molecule has 1 aliphatic heterocycles. The van der Waals surface area contributed by atoms with E-state index >= 15 is 0 Å². The van der Waals surface area contributed by atoms with Crippen LogP contribution in [-0.4, -0.2) is 46.0 Å². The molecule has 2 aliphatic rings. The average molecular weight is 290 g/mol. The van der Waals surface area contributed by atoms with Crippen LogP contribution in [0, 0.1) is 11.3 Å². The van der Waals surface area contributed by atoms with Crippen molar-refractivity contribution >= 4 is 10.0 Å². The van der Waals surface area contributed by atoms with E-state index in [1.54, 1.807) is 6.92 Å². The van der Waals surface area contributed by atoms with E-state index in [0.717, 1.165) is 13.0 Å². The molecule has 2 fully saturated rings. The predicted molar refractivity (Wildman–Crippen MR) is 75.5 cm³/mol. The van der Waals surface area contributed by atoms with Gasteiger partial charge in [-0.3, -0.25) is 0 Å². The SMILES string of the molecule is CCNS(=O)(=O)CCNC1C2CCCOC2C1(C)C. The Morgan fingerprint density at radius 2 is 2.11 bits per heavy atom. The zero-order valence-corrected chi connectivity index (χ0v) is 12.9. The van der Waals surface area contributed by atoms with E-state index in [1.165, 1.54) is 6.42 Å². The zero-order chi connectivity index (χ0) is 14.1. The van der Waals surface area contributed by atoms with Gasteiger partial charge in [-0.2, -0.15) is 0 Å². The highest BCUT2D eigenvalue weighted by Gasteiger charge is 2.57. The molecule has 1 heterocycles. The average Bonchev–Trinajstić information content (AvgIpc) is 2.34. The first-order valence-corrected chi connectivity index (χ1v) is 8.86. The van der Waals surface area contributed by atoms with Gasteiger partial charge in [-0.15, -0.1) is 0 Å². The van der Waals surface area contributed by atoms with Crippen LogP contribution in [0.3, 0.4) is 0 Å². The van der Waals surface area contributed by atoms with Crippen molar-refractivity contribution in [2.45, 2.75) is 45.8 Å². The van der Waals surface area contributed by atoms with Crippen LogP contribution >= 0.6 is 0 Å². The van der Waals surface area contributed by atoms with Crippen molar-refractivity contribution in [3.05, 3.63) is 0 Å². The summed E-state index contributed by atoms with van der Waals surface area (Å²) in [5, 5.41) is 3.42. The third-order valence-corrected chi connectivity index (χ3v) is 5.90. The molecule has 0 spiro atoms. The Balaban J connectivity index is 1.83. The standard InChI is InChI=1S/C13H26N2O3S/c1-4-15-19(16,17)9-7-14-11-10-6-5-8-18-12(10)13(11,2)3/h10-12,14-15H,4-9H2,1-3H3. The second-order valence-electron chi connectivity index (χ2n) is 6.17. The highest BCUT2D eigenvalue weighted by molar-refractivity contribution is 7.89. The lowest BCUT2D eigenvalue weighted by Gasteiger charge is -2.60. The fourth-order valence-corrected chi connectivity index (χ4v) is 4.55. The van der Waals surface area contributed by atoms with Gasteiger partial charge in [0.25, 0.3) is 0 Å². The van der Waals surface area contributed by atoms with Crippen molar-refractivity contribution in [1.29, 1.82) is 0 Å². The van der Waals surface area contributed by atoms with Crippen LogP contribution in [0.25, 0.3) is 0 Å². The van der Waals surface area contributed by atoms with E-state index in [0.29, 0.717) is 31.2 Å². The summed E-state index contributed by atoms with van der Waals surface area (Å²) in [6.07, 6.45) is 2.64. The molecule has 1 aliphatic carbocycles. The minimum Gasteiger partial charge on any atom is -0.377 e. The van der Waals surface area contributed by atoms with Crippen LogP contribution in [0.15, 0.2) is 0 Å². The van der Waals surface area contributed by atoms with E-state index in [-0.39, 0.29) is 11.2 Å². The Kier molecular flexibility index (Phi) is 4.55. The fraction of sp³-hybridized carbons (Fsp3) is 1.00. The summed E-state index contributed by atoms with van der Waals surface area (Å²) in [6, 6.07) is 0.370. The Morgan fingerprint density at radius 1 is 1.37 bits per heavy atom. The number of nitrogens with one attached hydrogen (secondary N) is 2. The third-order valence-electron chi connectivity index (χ3n) is 4.43. The van der Waals surface area contributed by atoms with Crippen molar-refractivity contribution in [2.24, 2.45) is 11.3 Å². The Labute approximate surface area is 116 Å². The Bertz CT molecular complexity index is 408. The smallest absolute Gasteiger partial charge is 0.212 e. The van der Waals surface area contributed by atoms with E-state index in [4.69, 9.17) is 4.74 Å². The first kappa shape index (κ1) is 15.2. The van der Waals surface area contributed by atoms with E-state index in [2.05, 4.69) is 23.9 Å². The lowest BCUT2D eigenvalue weighted by molar-refractivity contribution is -0.192. The van der Waals surface area contributed by atoms with Gasteiger partial charge in [-0.05, 0) is 12.8 Å². The first-order valence-electron chi connectivity index (χ1n) is 7.21. The predicted octanol–water partition coefficient (Wildman–Crippen LogP) is 0.719. The molecule has 1 saturated carbocycles. The van der Waals surface area contributed by atoms with Gasteiger partial charge in [0, 0.05) is 37.1 Å². The Morgan fingerprint density at radius 3 is 2.79 bits per heavy atom. The first-order chi connectivity index (χ1) is 8.88. The van der Waals surface area contributed by atoms with Crippen molar-refractivity contribution in [1.82, 2.24) is 10.0 Å². The third kappa shape index (κ3) is 3.12. The van der Waals surface area contributed by atoms with Gasteiger partial charge in [0.2, 0.25) is 10.0 Å². The van der Waals surface area contributed by atoms with Crippen LogP contribution < -0.4 is 10.0 Å². The van der Waals surface area contributed by atoms with Crippen LogP contribution in [0.2, 0.25) is 0 Å². The fourth-order valence-electron chi connectivity index (χ4n) is 3.58. The molecule has 1 saturated heterocycles. The molecule has 5 nitrogen and oxygen atoms in total. The molecule has 2 rings (SSSR count). The Hall–Kier alpha value is -0.170. The van der Waals surface area contributed by atoms with Gasteiger partial charge in [-0.25, -0.2) is 13.1 Å². The molecule has 112 valence electrons. The maximum absolute atomic E-state index is 11.6. The summed E-state index contributed by atoms with van der Waals surface area (Å²) >= 11 is 0. The maximum atomic E-state index is 11.6. The summed E-state index contributed by atoms with van der Waals surface area (Å²) in [7, 11) is -3.12. The van der Waals surface area contributed by atoms with Crippen molar-refractivity contribution in [3.8, 4) is 0 Å². The summed E-state index contributed by atoms with van der Waals surface area (Å²) in [4.78, 5) is 0. The van der Waals surface area contributed by atoms with Gasteiger partial charge in [0.15, 0.2) is 0 Å². The minimum absolute atomic E-state index is 0.104. The monoisotopic (exact) mass is 290 g/mol. The molecule has 19 heavy (non-hydrogen) atoms. The molecule has 0 bridgehead atoms. The molecule has 0 aromatic carbocycles. The minimum atomic E-state index is -3.12. The molecule has 6 heteroatoms. The van der Waals surface area contributed by atoms with E-state index in [9.17, 15) is 8.42 Å². The highest BCUT2D eigenvalue weighted by atomic mass is 32.2. The van der Waals surface area contributed by atoms with Gasteiger partial charge < -0.3 is 10.1 Å². The van der Waals surface area contributed by atoms with Crippen LogP contribution in [0.1, 0.15) is 33.6 Å². The summed E-state index contributed by atoms with van der Waals surface area (Å²) in [5.41, 5.74) is 0.104. The number of rotatable bonds is 6. The molecule has 3 atom stereocenters. The van der Waals surface area contributed by atoms with Crippen LogP contribution in [0.4, 0.5) is 0 Å². The lowest BCUT2D eigenvalue weighted by atomic mass is 9.55. The van der Waals surface area contributed by atoms with Crippen molar-refractivity contribution in [2.75, 3.05) is 25.4 Å². The topological polar surface area (TPSA) is 67.4 Å². The second kappa shape index (κ2) is 5.68. The molecule has 0 aromatic heterocycles. The molecule has 2 N–H and O–H groups in total. The van der Waals surface area contributed by atoms with Gasteiger partial charge in [0.05, 0.1) is 11.9 Å². The number of ether oxygens (including phenoxy) is 1. The molecular weight excluding hydrogens is 264 g/mol. The number of fused-ring (bicyclic) bond motifs is 1. The summed E-state index contributed by atoms with van der Waals surface area (Å²) in [6.45, 7) is 8.03. The molecule has 0 aromatic rings. The number of sulfonamides is 1. The van der Waals surface area contributed by atoms with Gasteiger partial charge in [-0.1, -0.05) is 20.8 Å². The van der Waals surface area contributed by atoms with Crippen LogP contribution in [-0.2, 0) is 14.8 Å². The van der Waals surface area contributed by atoms with Crippen LogP contribution in [0.5, 0.6) is 0 Å². The normalized spacial score (nSPS) is 33.5. The largest absolute Gasteiger partial charge is 0.377 e.